The van der Waals surface area contributed by atoms with Gasteiger partial charge in [0.2, 0.25) is 0 Å². The summed E-state index contributed by atoms with van der Waals surface area (Å²) in [5, 5.41) is 19.9. The molecule has 5 nitrogen and oxygen atoms in total. The molecule has 0 aromatic carbocycles. The first-order chi connectivity index (χ1) is 4.63. The standard InChI is InChI=1S/C4H4N2O3S/c5-2-1-10-4(7)3(2)6(8)9/h1,7H,5H2. The van der Waals surface area contributed by atoms with E-state index in [2.05, 4.69) is 0 Å². The van der Waals surface area contributed by atoms with E-state index < -0.39 is 10.6 Å². The van der Waals surface area contributed by atoms with Gasteiger partial charge in [0.25, 0.3) is 5.06 Å². The van der Waals surface area contributed by atoms with Gasteiger partial charge in [0.15, 0.2) is 0 Å². The van der Waals surface area contributed by atoms with Crippen molar-refractivity contribution in [1.29, 1.82) is 0 Å². The van der Waals surface area contributed by atoms with Crippen LogP contribution in [0.2, 0.25) is 0 Å². The molecule has 3 N–H and O–H groups in total. The van der Waals surface area contributed by atoms with Crippen molar-refractivity contribution in [2.75, 3.05) is 5.73 Å². The highest BCUT2D eigenvalue weighted by molar-refractivity contribution is 7.12. The van der Waals surface area contributed by atoms with Gasteiger partial charge in [0, 0.05) is 5.38 Å². The van der Waals surface area contributed by atoms with E-state index in [1.54, 1.807) is 0 Å². The minimum Gasteiger partial charge on any atom is -0.495 e. The fourth-order valence-corrected chi connectivity index (χ4v) is 1.19. The van der Waals surface area contributed by atoms with Gasteiger partial charge in [-0.05, 0) is 0 Å². The van der Waals surface area contributed by atoms with Crippen molar-refractivity contribution in [2.45, 2.75) is 0 Å². The Hall–Kier alpha value is -1.30. The van der Waals surface area contributed by atoms with E-state index in [1.807, 2.05) is 0 Å². The molecule has 0 saturated heterocycles. The highest BCUT2D eigenvalue weighted by atomic mass is 32.1. The maximum Gasteiger partial charge on any atom is 0.344 e. The number of nitrogens with two attached hydrogens (primary N) is 1. The van der Waals surface area contributed by atoms with Crippen LogP contribution >= 0.6 is 11.3 Å². The summed E-state index contributed by atoms with van der Waals surface area (Å²) in [6, 6.07) is 0. The molecule has 54 valence electrons. The van der Waals surface area contributed by atoms with Crippen LogP contribution in [-0.2, 0) is 0 Å². The van der Waals surface area contributed by atoms with Crippen LogP contribution in [0.15, 0.2) is 5.38 Å². The average molecular weight is 160 g/mol. The lowest BCUT2D eigenvalue weighted by Crippen LogP contribution is -1.90. The quantitative estimate of drug-likeness (QED) is 0.472. The van der Waals surface area contributed by atoms with Crippen molar-refractivity contribution in [2.24, 2.45) is 0 Å². The molecule has 0 saturated carbocycles. The summed E-state index contributed by atoms with van der Waals surface area (Å²) in [7, 11) is 0. The van der Waals surface area contributed by atoms with Crippen LogP contribution in [0.4, 0.5) is 11.4 Å². The van der Waals surface area contributed by atoms with E-state index in [0.29, 0.717) is 0 Å². The Balaban J connectivity index is 3.23. The van der Waals surface area contributed by atoms with Crippen molar-refractivity contribution in [1.82, 2.24) is 0 Å². The molecule has 0 amide bonds. The molecule has 0 spiro atoms. The van der Waals surface area contributed by atoms with Gasteiger partial charge in [0.1, 0.15) is 5.69 Å². The fourth-order valence-electron chi connectivity index (χ4n) is 0.538. The van der Waals surface area contributed by atoms with E-state index in [9.17, 15) is 10.1 Å². The lowest BCUT2D eigenvalue weighted by Gasteiger charge is -1.86. The van der Waals surface area contributed by atoms with Crippen molar-refractivity contribution in [3.05, 3.63) is 15.5 Å². The molecule has 1 rings (SSSR count). The number of nitrogen functional groups attached to an aromatic ring is 1. The van der Waals surface area contributed by atoms with Crippen molar-refractivity contribution in [3.63, 3.8) is 0 Å². The Bertz CT molecular complexity index is 250. The summed E-state index contributed by atoms with van der Waals surface area (Å²) < 4.78 is 0. The van der Waals surface area contributed by atoms with Crippen LogP contribution in [0, 0.1) is 10.1 Å². The molecule has 0 aliphatic carbocycles. The van der Waals surface area contributed by atoms with E-state index in [1.165, 1.54) is 5.38 Å². The number of nitrogens with zero attached hydrogens (tertiary/aromatic N) is 1. The normalized spacial score (nSPS) is 9.60. The highest BCUT2D eigenvalue weighted by Crippen LogP contribution is 2.37. The van der Waals surface area contributed by atoms with Crippen LogP contribution in [0.3, 0.4) is 0 Å². The van der Waals surface area contributed by atoms with Crippen molar-refractivity contribution < 1.29 is 10.0 Å². The highest BCUT2D eigenvalue weighted by Gasteiger charge is 2.19. The van der Waals surface area contributed by atoms with E-state index in [4.69, 9.17) is 10.8 Å². The molecule has 0 fully saturated rings. The molecule has 0 atom stereocenters. The van der Waals surface area contributed by atoms with Crippen molar-refractivity contribution in [3.8, 4) is 5.06 Å². The summed E-state index contributed by atoms with van der Waals surface area (Å²) in [5.41, 5.74) is 4.76. The van der Waals surface area contributed by atoms with Crippen LogP contribution in [0.25, 0.3) is 0 Å². The summed E-state index contributed by atoms with van der Waals surface area (Å²) in [4.78, 5) is 9.37. The van der Waals surface area contributed by atoms with E-state index >= 15 is 0 Å². The second-order valence-electron chi connectivity index (χ2n) is 1.60. The van der Waals surface area contributed by atoms with E-state index in [-0.39, 0.29) is 10.8 Å². The molecule has 1 aromatic heterocycles. The van der Waals surface area contributed by atoms with Crippen LogP contribution in [-0.4, -0.2) is 10.0 Å². The van der Waals surface area contributed by atoms with Crippen LogP contribution in [0.1, 0.15) is 0 Å². The average Bonchev–Trinajstić information content (AvgIpc) is 2.11. The number of hydrogen-bond acceptors (Lipinski definition) is 5. The molecule has 0 unspecified atom stereocenters. The predicted octanol–water partition coefficient (Wildman–Crippen LogP) is 0.944. The molecule has 6 heteroatoms. The van der Waals surface area contributed by atoms with Gasteiger partial charge in [-0.1, -0.05) is 11.3 Å². The van der Waals surface area contributed by atoms with Gasteiger partial charge in [0.05, 0.1) is 4.92 Å². The predicted molar refractivity (Wildman–Crippen MR) is 37.1 cm³/mol. The first kappa shape index (κ1) is 6.81. The number of thiophene rings is 1. The molecule has 10 heavy (non-hydrogen) atoms. The molecule has 0 bridgehead atoms. The van der Waals surface area contributed by atoms with Crippen LogP contribution in [0.5, 0.6) is 5.06 Å². The van der Waals surface area contributed by atoms with Gasteiger partial charge in [-0.2, -0.15) is 0 Å². The Morgan fingerprint density at radius 1 is 1.80 bits per heavy atom. The third-order valence-electron chi connectivity index (χ3n) is 0.956. The second-order valence-corrected chi connectivity index (χ2v) is 2.46. The maximum absolute atomic E-state index is 10.1. The lowest BCUT2D eigenvalue weighted by atomic mass is 10.4. The molecule has 0 aliphatic heterocycles. The Morgan fingerprint density at radius 3 is 2.60 bits per heavy atom. The zero-order valence-electron chi connectivity index (χ0n) is 4.77. The lowest BCUT2D eigenvalue weighted by molar-refractivity contribution is -0.384. The molecule has 0 aliphatic rings. The fraction of sp³-hybridized carbons (Fsp3) is 0. The van der Waals surface area contributed by atoms with Crippen molar-refractivity contribution >= 4 is 22.7 Å². The van der Waals surface area contributed by atoms with Gasteiger partial charge in [-0.25, -0.2) is 0 Å². The molecule has 1 aromatic rings. The molecular weight excluding hydrogens is 156 g/mol. The van der Waals surface area contributed by atoms with Crippen LogP contribution < -0.4 is 5.73 Å². The molecular formula is C4H4N2O3S. The maximum atomic E-state index is 10.1. The van der Waals surface area contributed by atoms with Gasteiger partial charge in [-0.15, -0.1) is 0 Å². The molecule has 0 radical (unpaired) electrons. The van der Waals surface area contributed by atoms with Gasteiger partial charge in [-0.3, -0.25) is 10.1 Å². The Labute approximate surface area is 59.9 Å². The third kappa shape index (κ3) is 0.883. The number of anilines is 1. The minimum absolute atomic E-state index is 0.00694. The number of nitro groups is 1. The Morgan fingerprint density at radius 2 is 2.40 bits per heavy atom. The zero-order chi connectivity index (χ0) is 7.72. The number of hydrogen-bond donors (Lipinski definition) is 2. The van der Waals surface area contributed by atoms with E-state index in [0.717, 1.165) is 11.3 Å². The first-order valence-corrected chi connectivity index (χ1v) is 3.21. The summed E-state index contributed by atoms with van der Waals surface area (Å²) in [5.74, 6) is 0. The summed E-state index contributed by atoms with van der Waals surface area (Å²) >= 11 is 0.848. The monoisotopic (exact) mass is 160 g/mol. The largest absolute Gasteiger partial charge is 0.495 e. The topological polar surface area (TPSA) is 89.4 Å². The Kier molecular flexibility index (Phi) is 1.46. The van der Waals surface area contributed by atoms with Gasteiger partial charge < -0.3 is 10.8 Å². The van der Waals surface area contributed by atoms with Gasteiger partial charge >= 0.3 is 5.69 Å². The SMILES string of the molecule is Nc1csc(O)c1[N+](=O)[O-]. The third-order valence-corrected chi connectivity index (χ3v) is 1.74. The second kappa shape index (κ2) is 2.14. The minimum atomic E-state index is -0.707. The first-order valence-electron chi connectivity index (χ1n) is 2.33. The molecule has 1 heterocycles. The smallest absolute Gasteiger partial charge is 0.344 e. The number of aromatic hydroxyl groups is 1. The number of rotatable bonds is 1. The zero-order valence-corrected chi connectivity index (χ0v) is 5.59. The summed E-state index contributed by atoms with van der Waals surface area (Å²) in [6.07, 6.45) is 0. The summed E-state index contributed by atoms with van der Waals surface area (Å²) in [6.45, 7) is 0.